The van der Waals surface area contributed by atoms with E-state index in [1.807, 2.05) is 24.3 Å². The van der Waals surface area contributed by atoms with Gasteiger partial charge in [0, 0.05) is 6.54 Å². The number of benzene rings is 2. The van der Waals surface area contributed by atoms with Crippen LogP contribution < -0.4 is 0 Å². The molecule has 3 aromatic rings. The van der Waals surface area contributed by atoms with Crippen LogP contribution >= 0.6 is 22.9 Å². The number of rotatable bonds is 3. The normalized spacial score (nSPS) is 19.1. The van der Waals surface area contributed by atoms with Crippen molar-refractivity contribution in [3.8, 4) is 0 Å². The van der Waals surface area contributed by atoms with Gasteiger partial charge in [0.25, 0.3) is 0 Å². The molecule has 1 atom stereocenters. The first-order valence-corrected chi connectivity index (χ1v) is 10.3. The summed E-state index contributed by atoms with van der Waals surface area (Å²) >= 11 is 7.69. The van der Waals surface area contributed by atoms with E-state index in [0.717, 1.165) is 28.1 Å². The molecule has 1 fully saturated rings. The van der Waals surface area contributed by atoms with Gasteiger partial charge in [-0.15, -0.1) is 11.3 Å². The van der Waals surface area contributed by atoms with Crippen molar-refractivity contribution in [3.63, 3.8) is 0 Å². The Morgan fingerprint density at radius 1 is 1.12 bits per heavy atom. The molecule has 0 bridgehead atoms. The lowest BCUT2D eigenvalue weighted by molar-refractivity contribution is 0.396. The highest BCUT2D eigenvalue weighted by atomic mass is 35.5. The molecule has 7 heteroatoms. The minimum Gasteiger partial charge on any atom is -0.239 e. The highest BCUT2D eigenvalue weighted by Gasteiger charge is 2.38. The number of halogens is 1. The maximum Gasteiger partial charge on any atom is 0.245 e. The number of thiazole rings is 1. The maximum atomic E-state index is 13.1. The van der Waals surface area contributed by atoms with Gasteiger partial charge in [0.15, 0.2) is 0 Å². The molecule has 2 aromatic carbocycles. The van der Waals surface area contributed by atoms with E-state index in [-0.39, 0.29) is 16.0 Å². The number of fused-ring (bicyclic) bond motifs is 1. The number of sulfonamides is 1. The number of aromatic nitrogens is 1. The van der Waals surface area contributed by atoms with Crippen molar-refractivity contribution in [3.05, 3.63) is 58.6 Å². The van der Waals surface area contributed by atoms with Crippen LogP contribution in [0, 0.1) is 0 Å². The van der Waals surface area contributed by atoms with Crippen LogP contribution in [0.15, 0.2) is 53.4 Å². The molecule has 24 heavy (non-hydrogen) atoms. The Balaban J connectivity index is 1.76. The molecule has 2 heterocycles. The Morgan fingerprint density at radius 2 is 1.88 bits per heavy atom. The lowest BCUT2D eigenvalue weighted by Gasteiger charge is -2.23. The summed E-state index contributed by atoms with van der Waals surface area (Å²) in [6.45, 7) is 0.494. The summed E-state index contributed by atoms with van der Waals surface area (Å²) in [6.07, 6.45) is 1.60. The molecule has 1 saturated heterocycles. The molecule has 0 spiro atoms. The van der Waals surface area contributed by atoms with Crippen LogP contribution in [-0.4, -0.2) is 24.3 Å². The van der Waals surface area contributed by atoms with Crippen LogP contribution in [0.2, 0.25) is 5.02 Å². The SMILES string of the molecule is O=S(=O)(c1ccccc1Cl)N1CCC[C@H]1c1nc2ccccc2s1. The third-order valence-electron chi connectivity index (χ3n) is 4.22. The van der Waals surface area contributed by atoms with E-state index < -0.39 is 10.0 Å². The molecule has 0 amide bonds. The number of para-hydroxylation sites is 1. The van der Waals surface area contributed by atoms with Gasteiger partial charge in [-0.05, 0) is 37.1 Å². The first-order valence-electron chi connectivity index (χ1n) is 7.69. The number of hydrogen-bond donors (Lipinski definition) is 0. The molecule has 0 N–H and O–H groups in total. The summed E-state index contributed by atoms with van der Waals surface area (Å²) in [5.41, 5.74) is 0.916. The Hall–Kier alpha value is -1.47. The molecule has 1 aliphatic rings. The van der Waals surface area contributed by atoms with E-state index in [2.05, 4.69) is 4.98 Å². The van der Waals surface area contributed by atoms with Crippen molar-refractivity contribution in [2.24, 2.45) is 0 Å². The van der Waals surface area contributed by atoms with E-state index in [1.165, 1.54) is 0 Å². The predicted octanol–water partition coefficient (Wildman–Crippen LogP) is 4.48. The second-order valence-electron chi connectivity index (χ2n) is 5.72. The average molecular weight is 379 g/mol. The summed E-state index contributed by atoms with van der Waals surface area (Å²) in [7, 11) is -3.64. The fraction of sp³-hybridized carbons (Fsp3) is 0.235. The summed E-state index contributed by atoms with van der Waals surface area (Å²) in [6, 6.07) is 14.3. The van der Waals surface area contributed by atoms with Gasteiger partial charge < -0.3 is 0 Å². The Kier molecular flexibility index (Phi) is 4.08. The predicted molar refractivity (Wildman–Crippen MR) is 96.9 cm³/mol. The lowest BCUT2D eigenvalue weighted by atomic mass is 10.2. The van der Waals surface area contributed by atoms with Crippen molar-refractivity contribution in [1.82, 2.24) is 9.29 Å². The minimum absolute atomic E-state index is 0.166. The van der Waals surface area contributed by atoms with Gasteiger partial charge in [0.1, 0.15) is 9.90 Å². The van der Waals surface area contributed by atoms with Crippen LogP contribution in [0.4, 0.5) is 0 Å². The van der Waals surface area contributed by atoms with Gasteiger partial charge in [-0.2, -0.15) is 4.31 Å². The van der Waals surface area contributed by atoms with Crippen molar-refractivity contribution < 1.29 is 8.42 Å². The zero-order valence-electron chi connectivity index (χ0n) is 12.7. The topological polar surface area (TPSA) is 50.3 Å². The van der Waals surface area contributed by atoms with E-state index in [9.17, 15) is 8.42 Å². The minimum atomic E-state index is -3.64. The summed E-state index contributed by atoms with van der Waals surface area (Å²) in [5, 5.41) is 1.11. The monoisotopic (exact) mass is 378 g/mol. The second-order valence-corrected chi connectivity index (χ2v) is 9.05. The van der Waals surface area contributed by atoms with Gasteiger partial charge in [0.05, 0.1) is 21.3 Å². The first-order chi connectivity index (χ1) is 11.6. The molecule has 1 aliphatic heterocycles. The van der Waals surface area contributed by atoms with Crippen LogP contribution in [0.25, 0.3) is 10.2 Å². The summed E-state index contributed by atoms with van der Waals surface area (Å²) in [5.74, 6) is 0. The molecule has 0 unspecified atom stereocenters. The van der Waals surface area contributed by atoms with Crippen LogP contribution in [0.3, 0.4) is 0 Å². The fourth-order valence-electron chi connectivity index (χ4n) is 3.09. The maximum absolute atomic E-state index is 13.1. The summed E-state index contributed by atoms with van der Waals surface area (Å²) < 4.78 is 28.8. The molecule has 124 valence electrons. The van der Waals surface area contributed by atoms with E-state index in [4.69, 9.17) is 11.6 Å². The molecule has 1 aromatic heterocycles. The molecule has 0 radical (unpaired) electrons. The van der Waals surface area contributed by atoms with Crippen LogP contribution in [0.5, 0.6) is 0 Å². The van der Waals surface area contributed by atoms with Gasteiger partial charge >= 0.3 is 0 Å². The highest BCUT2D eigenvalue weighted by Crippen LogP contribution is 2.40. The van der Waals surface area contributed by atoms with Crippen LogP contribution in [0.1, 0.15) is 23.9 Å². The van der Waals surface area contributed by atoms with Crippen molar-refractivity contribution in [2.75, 3.05) is 6.54 Å². The number of hydrogen-bond acceptors (Lipinski definition) is 4. The van der Waals surface area contributed by atoms with Gasteiger partial charge in [-0.1, -0.05) is 35.9 Å². The Bertz CT molecular complexity index is 968. The quantitative estimate of drug-likeness (QED) is 0.675. The van der Waals surface area contributed by atoms with Crippen molar-refractivity contribution in [2.45, 2.75) is 23.8 Å². The van der Waals surface area contributed by atoms with Crippen molar-refractivity contribution >= 4 is 43.2 Å². The average Bonchev–Trinajstić information content (AvgIpc) is 3.21. The van der Waals surface area contributed by atoms with Gasteiger partial charge in [0.2, 0.25) is 10.0 Å². The molecule has 4 rings (SSSR count). The van der Waals surface area contributed by atoms with E-state index in [1.54, 1.807) is 39.9 Å². The molecular formula is C17H15ClN2O2S2. The highest BCUT2D eigenvalue weighted by molar-refractivity contribution is 7.89. The third-order valence-corrected chi connectivity index (χ3v) is 7.77. The zero-order valence-corrected chi connectivity index (χ0v) is 15.1. The van der Waals surface area contributed by atoms with Gasteiger partial charge in [-0.3, -0.25) is 0 Å². The smallest absolute Gasteiger partial charge is 0.239 e. The molecule has 0 saturated carbocycles. The van der Waals surface area contributed by atoms with Crippen molar-refractivity contribution in [1.29, 1.82) is 0 Å². The summed E-state index contributed by atoms with van der Waals surface area (Å²) in [4.78, 5) is 4.82. The third kappa shape index (κ3) is 2.63. The first kappa shape index (κ1) is 16.0. The van der Waals surface area contributed by atoms with Crippen LogP contribution in [-0.2, 0) is 10.0 Å². The van der Waals surface area contributed by atoms with E-state index in [0.29, 0.717) is 6.54 Å². The zero-order chi connectivity index (χ0) is 16.7. The molecule has 0 aliphatic carbocycles. The fourth-order valence-corrected chi connectivity index (χ4v) is 6.43. The largest absolute Gasteiger partial charge is 0.245 e. The Labute approximate surface area is 149 Å². The van der Waals surface area contributed by atoms with Gasteiger partial charge in [-0.25, -0.2) is 13.4 Å². The van der Waals surface area contributed by atoms with E-state index >= 15 is 0 Å². The Morgan fingerprint density at radius 3 is 2.67 bits per heavy atom. The molecular weight excluding hydrogens is 364 g/mol. The standard InChI is InChI=1S/C17H15ClN2O2S2/c18-12-6-1-4-10-16(12)24(21,22)20-11-5-8-14(20)17-19-13-7-2-3-9-15(13)23-17/h1-4,6-7,9-10,14H,5,8,11H2/t14-/m0/s1. The lowest BCUT2D eigenvalue weighted by Crippen LogP contribution is -2.30. The number of nitrogens with zero attached hydrogens (tertiary/aromatic N) is 2. The second kappa shape index (κ2) is 6.11. The molecule has 4 nitrogen and oxygen atoms in total.